The molecule has 0 saturated carbocycles. The average molecular weight is 382 g/mol. The van der Waals surface area contributed by atoms with Gasteiger partial charge in [-0.1, -0.05) is 24.3 Å². The second kappa shape index (κ2) is 8.93. The van der Waals surface area contributed by atoms with E-state index in [0.717, 1.165) is 16.1 Å². The second-order valence-corrected chi connectivity index (χ2v) is 8.67. The summed E-state index contributed by atoms with van der Waals surface area (Å²) < 4.78 is 25.4. The van der Waals surface area contributed by atoms with Crippen LogP contribution in [0.15, 0.2) is 35.5 Å². The Morgan fingerprint density at radius 3 is 2.36 bits per heavy atom. The molecule has 3 N–H and O–H groups in total. The lowest BCUT2D eigenvalue weighted by molar-refractivity contribution is 0.587. The van der Waals surface area contributed by atoms with Gasteiger partial charge in [0.1, 0.15) is 5.01 Å². The number of hydrogen-bond acceptors (Lipinski definition) is 5. The molecule has 1 aromatic carbocycles. The summed E-state index contributed by atoms with van der Waals surface area (Å²) in [6.45, 7) is 3.24. The summed E-state index contributed by atoms with van der Waals surface area (Å²) in [6, 6.07) is 7.46. The van der Waals surface area contributed by atoms with Gasteiger partial charge in [-0.25, -0.2) is 18.1 Å². The highest BCUT2D eigenvalue weighted by molar-refractivity contribution is 7.88. The summed E-state index contributed by atoms with van der Waals surface area (Å²) in [6.07, 6.45) is 1.85. The zero-order valence-corrected chi connectivity index (χ0v) is 16.2. The molecule has 25 heavy (non-hydrogen) atoms. The lowest BCUT2D eigenvalue weighted by atomic mass is 10.1. The van der Waals surface area contributed by atoms with Crippen LogP contribution in [-0.2, 0) is 28.9 Å². The van der Waals surface area contributed by atoms with Gasteiger partial charge in [0.2, 0.25) is 10.0 Å². The van der Waals surface area contributed by atoms with Gasteiger partial charge in [-0.2, -0.15) is 0 Å². The minimum Gasteiger partial charge on any atom is -0.352 e. The van der Waals surface area contributed by atoms with Crippen LogP contribution >= 0.6 is 11.3 Å². The second-order valence-electron chi connectivity index (χ2n) is 5.42. The summed E-state index contributed by atoms with van der Waals surface area (Å²) in [5, 5.41) is 7.46. The number of nitrogens with one attached hydrogen (secondary N) is 3. The fraction of sp³-hybridized carbons (Fsp3) is 0.375. The van der Waals surface area contributed by atoms with Crippen LogP contribution in [0.1, 0.15) is 21.0 Å². The van der Waals surface area contributed by atoms with Crippen molar-refractivity contribution in [2.75, 3.05) is 14.1 Å². The van der Waals surface area contributed by atoms with E-state index < -0.39 is 10.0 Å². The smallest absolute Gasteiger partial charge is 0.215 e. The van der Waals surface area contributed by atoms with E-state index in [-0.39, 0.29) is 5.75 Å². The topological polar surface area (TPSA) is 95.5 Å². The Morgan fingerprint density at radius 2 is 1.80 bits per heavy atom. The maximum Gasteiger partial charge on any atom is 0.215 e. The first-order chi connectivity index (χ1) is 11.9. The monoisotopic (exact) mass is 381 g/mol. The minimum absolute atomic E-state index is 0.0202. The van der Waals surface area contributed by atoms with Gasteiger partial charge in [-0.15, -0.1) is 11.3 Å². The molecule has 0 fully saturated rings. The highest BCUT2D eigenvalue weighted by Gasteiger charge is 2.08. The largest absolute Gasteiger partial charge is 0.352 e. The number of benzene rings is 1. The molecule has 0 saturated heterocycles. The number of sulfonamides is 1. The highest BCUT2D eigenvalue weighted by atomic mass is 32.2. The standard InChI is InChI=1S/C16H23N5O2S2/c1-12-8-19-15(24-12)10-21-16(17-2)20-9-13-4-6-14(7-5-13)11-25(22,23)18-3/h4-8,18H,9-11H2,1-3H3,(H2,17,20,21). The SMILES string of the molecule is CN=C(NCc1ccc(CS(=O)(=O)NC)cc1)NCc1ncc(C)s1. The first kappa shape index (κ1) is 19.4. The van der Waals surface area contributed by atoms with Crippen LogP contribution < -0.4 is 15.4 Å². The third-order valence-corrected chi connectivity index (χ3v) is 5.70. The summed E-state index contributed by atoms with van der Waals surface area (Å²) in [5.74, 6) is 0.669. The predicted octanol–water partition coefficient (Wildman–Crippen LogP) is 1.37. The number of hydrogen-bond donors (Lipinski definition) is 3. The molecular weight excluding hydrogens is 358 g/mol. The molecule has 0 amide bonds. The van der Waals surface area contributed by atoms with Crippen molar-refractivity contribution in [2.24, 2.45) is 4.99 Å². The van der Waals surface area contributed by atoms with Crippen molar-refractivity contribution < 1.29 is 8.42 Å². The van der Waals surface area contributed by atoms with Crippen LogP contribution in [0.4, 0.5) is 0 Å². The number of aliphatic imine (C=N–C) groups is 1. The highest BCUT2D eigenvalue weighted by Crippen LogP contribution is 2.10. The molecular formula is C16H23N5O2S2. The molecule has 0 radical (unpaired) electrons. The molecule has 0 bridgehead atoms. The van der Waals surface area contributed by atoms with Gasteiger partial charge in [0.05, 0.1) is 12.3 Å². The molecule has 0 atom stereocenters. The van der Waals surface area contributed by atoms with Gasteiger partial charge in [0.15, 0.2) is 5.96 Å². The van der Waals surface area contributed by atoms with Crippen molar-refractivity contribution in [3.63, 3.8) is 0 Å². The van der Waals surface area contributed by atoms with Crippen LogP contribution in [0.2, 0.25) is 0 Å². The molecule has 0 unspecified atom stereocenters. The molecule has 1 aromatic heterocycles. The van der Waals surface area contributed by atoms with E-state index in [4.69, 9.17) is 0 Å². The maximum absolute atomic E-state index is 11.5. The molecule has 0 aliphatic heterocycles. The zero-order valence-electron chi connectivity index (χ0n) is 14.5. The predicted molar refractivity (Wildman–Crippen MR) is 102 cm³/mol. The van der Waals surface area contributed by atoms with Crippen molar-refractivity contribution in [3.05, 3.63) is 51.5 Å². The van der Waals surface area contributed by atoms with Gasteiger partial charge < -0.3 is 10.6 Å². The van der Waals surface area contributed by atoms with Crippen LogP contribution in [0.3, 0.4) is 0 Å². The Balaban J connectivity index is 1.84. The van der Waals surface area contributed by atoms with Crippen LogP contribution in [0, 0.1) is 6.92 Å². The first-order valence-corrected chi connectivity index (χ1v) is 10.2. The number of aromatic nitrogens is 1. The van der Waals surface area contributed by atoms with Crippen molar-refractivity contribution >= 4 is 27.3 Å². The summed E-state index contributed by atoms with van der Waals surface area (Å²) in [4.78, 5) is 9.67. The number of thiazole rings is 1. The molecule has 0 aliphatic rings. The molecule has 7 nitrogen and oxygen atoms in total. The fourth-order valence-electron chi connectivity index (χ4n) is 2.09. The molecule has 0 aliphatic carbocycles. The van der Waals surface area contributed by atoms with Crippen molar-refractivity contribution in [1.29, 1.82) is 0 Å². The normalized spacial score (nSPS) is 12.2. The average Bonchev–Trinajstić information content (AvgIpc) is 3.01. The van der Waals surface area contributed by atoms with Gasteiger partial charge in [-0.3, -0.25) is 4.99 Å². The lowest BCUT2D eigenvalue weighted by Crippen LogP contribution is -2.36. The van der Waals surface area contributed by atoms with Crippen molar-refractivity contribution in [2.45, 2.75) is 25.8 Å². The molecule has 1 heterocycles. The molecule has 2 aromatic rings. The maximum atomic E-state index is 11.5. The third kappa shape index (κ3) is 6.45. The van der Waals surface area contributed by atoms with Crippen molar-refractivity contribution in [1.82, 2.24) is 20.3 Å². The van der Waals surface area contributed by atoms with E-state index in [9.17, 15) is 8.42 Å². The Morgan fingerprint density at radius 1 is 1.16 bits per heavy atom. The molecule has 136 valence electrons. The van der Waals surface area contributed by atoms with E-state index in [0.29, 0.717) is 19.0 Å². The number of nitrogens with zero attached hydrogens (tertiary/aromatic N) is 2. The molecule has 2 rings (SSSR count). The van der Waals surface area contributed by atoms with E-state index in [2.05, 4.69) is 25.3 Å². The van der Waals surface area contributed by atoms with Gasteiger partial charge in [0, 0.05) is 24.7 Å². The van der Waals surface area contributed by atoms with E-state index >= 15 is 0 Å². The summed E-state index contributed by atoms with van der Waals surface area (Å²) in [7, 11) is -0.114. The Kier molecular flexibility index (Phi) is 6.91. The van der Waals surface area contributed by atoms with Gasteiger partial charge >= 0.3 is 0 Å². The van der Waals surface area contributed by atoms with Crippen LogP contribution in [0.25, 0.3) is 0 Å². The van der Waals surface area contributed by atoms with Gasteiger partial charge in [0.25, 0.3) is 0 Å². The van der Waals surface area contributed by atoms with Crippen molar-refractivity contribution in [3.8, 4) is 0 Å². The molecule has 9 heteroatoms. The Bertz CT molecular complexity index is 813. The van der Waals surface area contributed by atoms with E-state index in [1.807, 2.05) is 37.4 Å². The van der Waals surface area contributed by atoms with E-state index in [1.165, 1.54) is 11.9 Å². The fourth-order valence-corrected chi connectivity index (χ4v) is 3.60. The quantitative estimate of drug-likeness (QED) is 0.497. The minimum atomic E-state index is -3.25. The van der Waals surface area contributed by atoms with Gasteiger partial charge in [-0.05, 0) is 25.1 Å². The molecule has 0 spiro atoms. The third-order valence-electron chi connectivity index (χ3n) is 3.45. The zero-order chi connectivity index (χ0) is 18.3. The van der Waals surface area contributed by atoms with Crippen LogP contribution in [-0.4, -0.2) is 33.5 Å². The number of guanidine groups is 1. The lowest BCUT2D eigenvalue weighted by Gasteiger charge is -2.11. The first-order valence-electron chi connectivity index (χ1n) is 7.76. The number of rotatable bonds is 7. The van der Waals surface area contributed by atoms with Crippen LogP contribution in [0.5, 0.6) is 0 Å². The summed E-state index contributed by atoms with van der Waals surface area (Å²) >= 11 is 1.65. The Hall–Kier alpha value is -1.97. The number of aryl methyl sites for hydroxylation is 1. The van der Waals surface area contributed by atoms with E-state index in [1.54, 1.807) is 18.4 Å². The summed E-state index contributed by atoms with van der Waals surface area (Å²) in [5.41, 5.74) is 1.79. The Labute approximate surface area is 152 Å².